The van der Waals surface area contributed by atoms with Crippen LogP contribution in [0.25, 0.3) is 0 Å². The number of hydrogen-bond acceptors (Lipinski definition) is 2. The van der Waals surface area contributed by atoms with E-state index in [2.05, 4.69) is 13.8 Å². The Balaban J connectivity index is 2.39. The van der Waals surface area contributed by atoms with E-state index in [1.165, 1.54) is 12.8 Å². The van der Waals surface area contributed by atoms with Gasteiger partial charge in [0.2, 0.25) is 0 Å². The highest BCUT2D eigenvalue weighted by molar-refractivity contribution is 5.70. The molecular weight excluding hydrogens is 152 g/mol. The molecule has 2 nitrogen and oxygen atoms in total. The lowest BCUT2D eigenvalue weighted by Gasteiger charge is -2.27. The number of ether oxygens (including phenoxy) is 1. The van der Waals surface area contributed by atoms with Crippen molar-refractivity contribution in [3.05, 3.63) is 0 Å². The Morgan fingerprint density at radius 2 is 2.25 bits per heavy atom. The highest BCUT2D eigenvalue weighted by Gasteiger charge is 2.26. The largest absolute Gasteiger partial charge is 0.462 e. The van der Waals surface area contributed by atoms with E-state index in [0.29, 0.717) is 12.3 Å². The number of carbonyl (C=O) groups excluding carboxylic acids is 1. The molecule has 1 aliphatic heterocycles. The summed E-state index contributed by atoms with van der Waals surface area (Å²) in [6, 6.07) is 0. The zero-order valence-electron chi connectivity index (χ0n) is 8.01. The van der Waals surface area contributed by atoms with Gasteiger partial charge in [0.05, 0.1) is 0 Å². The van der Waals surface area contributed by atoms with Crippen molar-refractivity contribution < 1.29 is 9.53 Å². The van der Waals surface area contributed by atoms with Crippen LogP contribution < -0.4 is 0 Å². The van der Waals surface area contributed by atoms with Crippen molar-refractivity contribution in [1.29, 1.82) is 0 Å². The van der Waals surface area contributed by atoms with Gasteiger partial charge in [-0.1, -0.05) is 26.7 Å². The minimum absolute atomic E-state index is 0.00606. The van der Waals surface area contributed by atoms with Gasteiger partial charge in [0.25, 0.3) is 0 Å². The molecule has 0 aliphatic carbocycles. The number of carbonyl (C=O) groups is 1. The first kappa shape index (κ1) is 9.56. The Morgan fingerprint density at radius 3 is 2.83 bits per heavy atom. The second-order valence-corrected chi connectivity index (χ2v) is 3.61. The van der Waals surface area contributed by atoms with Crippen molar-refractivity contribution in [2.24, 2.45) is 5.92 Å². The predicted octanol–water partition coefficient (Wildman–Crippen LogP) is 2.52. The molecule has 0 aromatic heterocycles. The molecule has 1 heterocycles. The van der Waals surface area contributed by atoms with Gasteiger partial charge in [-0.15, -0.1) is 0 Å². The minimum atomic E-state index is 0.00606. The fraction of sp³-hybridized carbons (Fsp3) is 0.900. The van der Waals surface area contributed by atoms with Crippen LogP contribution in [0.4, 0.5) is 0 Å². The van der Waals surface area contributed by atoms with Crippen LogP contribution in [0.5, 0.6) is 0 Å². The molecule has 0 aromatic carbocycles. The van der Waals surface area contributed by atoms with E-state index in [1.54, 1.807) is 0 Å². The fourth-order valence-corrected chi connectivity index (χ4v) is 1.85. The van der Waals surface area contributed by atoms with E-state index < -0.39 is 0 Å². The van der Waals surface area contributed by atoms with Crippen molar-refractivity contribution in [3.63, 3.8) is 0 Å². The first-order valence-corrected chi connectivity index (χ1v) is 4.95. The zero-order chi connectivity index (χ0) is 8.97. The number of hydrogen-bond donors (Lipinski definition) is 0. The summed E-state index contributed by atoms with van der Waals surface area (Å²) in [7, 11) is 0. The summed E-state index contributed by atoms with van der Waals surface area (Å²) in [6.45, 7) is 4.24. The van der Waals surface area contributed by atoms with Gasteiger partial charge in [-0.05, 0) is 18.8 Å². The Morgan fingerprint density at radius 1 is 1.50 bits per heavy atom. The molecule has 12 heavy (non-hydrogen) atoms. The smallest absolute Gasteiger partial charge is 0.306 e. The van der Waals surface area contributed by atoms with Gasteiger partial charge >= 0.3 is 5.97 Å². The molecule has 0 bridgehead atoms. The normalized spacial score (nSPS) is 30.0. The van der Waals surface area contributed by atoms with E-state index >= 15 is 0 Å². The lowest BCUT2D eigenvalue weighted by Crippen LogP contribution is -2.28. The average molecular weight is 170 g/mol. The highest BCUT2D eigenvalue weighted by atomic mass is 16.5. The molecule has 0 aromatic rings. The maximum atomic E-state index is 11.1. The van der Waals surface area contributed by atoms with Crippen molar-refractivity contribution in [2.45, 2.75) is 52.1 Å². The molecule has 1 saturated heterocycles. The quantitative estimate of drug-likeness (QED) is 0.608. The van der Waals surface area contributed by atoms with Gasteiger partial charge in [-0.2, -0.15) is 0 Å². The molecular formula is C10H18O2. The second kappa shape index (κ2) is 4.48. The van der Waals surface area contributed by atoms with Crippen molar-refractivity contribution in [1.82, 2.24) is 0 Å². The molecule has 1 aliphatic rings. The molecule has 2 heteroatoms. The molecule has 0 spiro atoms. The van der Waals surface area contributed by atoms with Gasteiger partial charge in [-0.25, -0.2) is 0 Å². The maximum absolute atomic E-state index is 11.1. The molecule has 0 amide bonds. The third kappa shape index (κ3) is 2.50. The first-order chi connectivity index (χ1) is 5.76. The Bertz CT molecular complexity index is 154. The molecule has 2 atom stereocenters. The Hall–Kier alpha value is -0.530. The third-order valence-electron chi connectivity index (χ3n) is 2.50. The monoisotopic (exact) mass is 170 g/mol. The molecule has 1 fully saturated rings. The predicted molar refractivity (Wildman–Crippen MR) is 47.8 cm³/mol. The SMILES string of the molecule is CCCC1CC(=O)OC(CC)C1. The summed E-state index contributed by atoms with van der Waals surface area (Å²) in [5.41, 5.74) is 0. The number of cyclic esters (lactones) is 1. The second-order valence-electron chi connectivity index (χ2n) is 3.61. The third-order valence-corrected chi connectivity index (χ3v) is 2.50. The molecule has 0 N–H and O–H groups in total. The highest BCUT2D eigenvalue weighted by Crippen LogP contribution is 2.26. The summed E-state index contributed by atoms with van der Waals surface area (Å²) >= 11 is 0. The summed E-state index contributed by atoms with van der Waals surface area (Å²) in [5.74, 6) is 0.591. The molecule has 2 unspecified atom stereocenters. The molecule has 0 saturated carbocycles. The van der Waals surface area contributed by atoms with Crippen LogP contribution in [0.2, 0.25) is 0 Å². The van der Waals surface area contributed by atoms with Gasteiger partial charge in [0.1, 0.15) is 6.10 Å². The lowest BCUT2D eigenvalue weighted by molar-refractivity contribution is -0.157. The van der Waals surface area contributed by atoms with Crippen LogP contribution in [0.3, 0.4) is 0 Å². The molecule has 70 valence electrons. The van der Waals surface area contributed by atoms with Gasteiger partial charge in [0, 0.05) is 6.42 Å². The first-order valence-electron chi connectivity index (χ1n) is 4.95. The van der Waals surface area contributed by atoms with Crippen molar-refractivity contribution >= 4 is 5.97 Å². The van der Waals surface area contributed by atoms with Crippen LogP contribution >= 0.6 is 0 Å². The Kier molecular flexibility index (Phi) is 3.57. The topological polar surface area (TPSA) is 26.3 Å². The maximum Gasteiger partial charge on any atom is 0.306 e. The number of rotatable bonds is 3. The van der Waals surface area contributed by atoms with Crippen molar-refractivity contribution in [3.8, 4) is 0 Å². The summed E-state index contributed by atoms with van der Waals surface area (Å²) in [5, 5.41) is 0. The summed E-state index contributed by atoms with van der Waals surface area (Å²) in [4.78, 5) is 11.1. The van der Waals surface area contributed by atoms with Gasteiger partial charge < -0.3 is 4.74 Å². The summed E-state index contributed by atoms with van der Waals surface area (Å²) < 4.78 is 5.17. The number of esters is 1. The van der Waals surface area contributed by atoms with Gasteiger partial charge in [-0.3, -0.25) is 4.79 Å². The van der Waals surface area contributed by atoms with E-state index in [1.807, 2.05) is 0 Å². The Labute approximate surface area is 74.3 Å². The molecule has 0 radical (unpaired) electrons. The molecule has 1 rings (SSSR count). The van der Waals surface area contributed by atoms with E-state index in [-0.39, 0.29) is 12.1 Å². The summed E-state index contributed by atoms with van der Waals surface area (Å²) in [6.07, 6.45) is 5.23. The van der Waals surface area contributed by atoms with Crippen LogP contribution in [-0.2, 0) is 9.53 Å². The standard InChI is InChI=1S/C10H18O2/c1-3-5-8-6-9(4-2)12-10(11)7-8/h8-9H,3-7H2,1-2H3. The average Bonchev–Trinajstić information content (AvgIpc) is 2.04. The van der Waals surface area contributed by atoms with Crippen molar-refractivity contribution in [2.75, 3.05) is 0 Å². The lowest BCUT2D eigenvalue weighted by atomic mass is 9.90. The van der Waals surface area contributed by atoms with E-state index in [9.17, 15) is 4.79 Å². The van der Waals surface area contributed by atoms with Gasteiger partial charge in [0.15, 0.2) is 0 Å². The zero-order valence-corrected chi connectivity index (χ0v) is 8.01. The van der Waals surface area contributed by atoms with E-state index in [4.69, 9.17) is 4.74 Å². The van der Waals surface area contributed by atoms with Crippen LogP contribution in [0.15, 0.2) is 0 Å². The van der Waals surface area contributed by atoms with Crippen LogP contribution in [-0.4, -0.2) is 12.1 Å². The van der Waals surface area contributed by atoms with E-state index in [0.717, 1.165) is 12.8 Å². The minimum Gasteiger partial charge on any atom is -0.462 e. The van der Waals surface area contributed by atoms with Crippen LogP contribution in [0, 0.1) is 5.92 Å². The fourth-order valence-electron chi connectivity index (χ4n) is 1.85. The van der Waals surface area contributed by atoms with Crippen LogP contribution in [0.1, 0.15) is 46.0 Å².